The van der Waals surface area contributed by atoms with Crippen molar-refractivity contribution in [1.82, 2.24) is 14.3 Å². The minimum Gasteiger partial charge on any atom is -0.380 e. The predicted molar refractivity (Wildman–Crippen MR) is 78.7 cm³/mol. The van der Waals surface area contributed by atoms with Crippen molar-refractivity contribution in [2.75, 3.05) is 39.4 Å². The van der Waals surface area contributed by atoms with Crippen molar-refractivity contribution in [3.8, 4) is 0 Å². The first-order valence-corrected chi connectivity index (χ1v) is 9.11. The summed E-state index contributed by atoms with van der Waals surface area (Å²) in [7, 11) is -3.33. The molecular weight excluding hydrogens is 278 g/mol. The van der Waals surface area contributed by atoms with Crippen LogP contribution in [0.3, 0.4) is 0 Å². The number of nitrogens with zero attached hydrogens (tertiary/aromatic N) is 1. The van der Waals surface area contributed by atoms with E-state index in [0.717, 1.165) is 38.8 Å². The summed E-state index contributed by atoms with van der Waals surface area (Å²) < 4.78 is 34.0. The normalized spacial score (nSPS) is 26.1. The van der Waals surface area contributed by atoms with Gasteiger partial charge in [0.05, 0.1) is 6.61 Å². The van der Waals surface area contributed by atoms with Crippen molar-refractivity contribution in [1.29, 1.82) is 0 Å². The zero-order valence-corrected chi connectivity index (χ0v) is 13.1. The number of ether oxygens (including phenoxy) is 1. The molecule has 0 aromatic heterocycles. The van der Waals surface area contributed by atoms with Gasteiger partial charge in [0, 0.05) is 25.7 Å². The number of rotatable bonds is 7. The summed E-state index contributed by atoms with van der Waals surface area (Å²) in [4.78, 5) is 0. The molecule has 0 aromatic rings. The molecule has 7 heteroatoms. The van der Waals surface area contributed by atoms with E-state index in [-0.39, 0.29) is 6.04 Å². The van der Waals surface area contributed by atoms with Gasteiger partial charge in [-0.25, -0.2) is 0 Å². The molecule has 0 bridgehead atoms. The molecule has 2 aliphatic rings. The van der Waals surface area contributed by atoms with Crippen LogP contribution in [0.1, 0.15) is 32.6 Å². The average molecular weight is 305 g/mol. The summed E-state index contributed by atoms with van der Waals surface area (Å²) in [5, 5.41) is 3.42. The maximum absolute atomic E-state index is 12.3. The van der Waals surface area contributed by atoms with Crippen LogP contribution < -0.4 is 10.0 Å². The Hall–Kier alpha value is -0.210. The number of piperidine rings is 1. The molecule has 2 fully saturated rings. The average Bonchev–Trinajstić information content (AvgIpc) is 2.92. The van der Waals surface area contributed by atoms with E-state index in [1.54, 1.807) is 4.31 Å². The van der Waals surface area contributed by atoms with E-state index in [1.165, 1.54) is 0 Å². The third-order valence-electron chi connectivity index (χ3n) is 4.02. The molecule has 0 radical (unpaired) electrons. The van der Waals surface area contributed by atoms with E-state index in [2.05, 4.69) is 17.0 Å². The minimum atomic E-state index is -3.33. The Morgan fingerprint density at radius 1 is 1.25 bits per heavy atom. The largest absolute Gasteiger partial charge is 0.380 e. The highest BCUT2D eigenvalue weighted by atomic mass is 32.2. The molecule has 0 amide bonds. The van der Waals surface area contributed by atoms with Crippen LogP contribution in [0, 0.1) is 5.92 Å². The first-order valence-electron chi connectivity index (χ1n) is 7.67. The zero-order valence-electron chi connectivity index (χ0n) is 12.3. The van der Waals surface area contributed by atoms with Crippen LogP contribution in [-0.4, -0.2) is 58.2 Å². The van der Waals surface area contributed by atoms with Gasteiger partial charge in [-0.15, -0.1) is 0 Å². The van der Waals surface area contributed by atoms with E-state index < -0.39 is 10.2 Å². The highest BCUT2D eigenvalue weighted by molar-refractivity contribution is 7.87. The molecule has 0 aromatic carbocycles. The molecule has 0 aliphatic carbocycles. The molecule has 2 saturated heterocycles. The summed E-state index contributed by atoms with van der Waals surface area (Å²) in [6, 6.07) is -0.0519. The van der Waals surface area contributed by atoms with Gasteiger partial charge in [0.15, 0.2) is 0 Å². The summed E-state index contributed by atoms with van der Waals surface area (Å²) in [5.74, 6) is 0.600. The van der Waals surface area contributed by atoms with Gasteiger partial charge in [-0.3, -0.25) is 0 Å². The molecule has 118 valence electrons. The van der Waals surface area contributed by atoms with E-state index >= 15 is 0 Å². The van der Waals surface area contributed by atoms with Crippen LogP contribution in [0.5, 0.6) is 0 Å². The molecule has 2 rings (SSSR count). The zero-order chi connectivity index (χ0) is 14.4. The van der Waals surface area contributed by atoms with Gasteiger partial charge in [0.1, 0.15) is 0 Å². The quantitative estimate of drug-likeness (QED) is 0.665. The molecule has 1 atom stereocenters. The van der Waals surface area contributed by atoms with Crippen LogP contribution in [-0.2, 0) is 14.9 Å². The fraction of sp³-hybridized carbons (Fsp3) is 1.00. The van der Waals surface area contributed by atoms with Gasteiger partial charge in [-0.05, 0) is 44.7 Å². The lowest BCUT2D eigenvalue weighted by molar-refractivity contribution is 0.192. The Morgan fingerprint density at radius 3 is 2.60 bits per heavy atom. The van der Waals surface area contributed by atoms with Crippen molar-refractivity contribution in [3.05, 3.63) is 0 Å². The first-order chi connectivity index (χ1) is 9.62. The lowest BCUT2D eigenvalue weighted by atomic mass is 9.98. The van der Waals surface area contributed by atoms with Crippen molar-refractivity contribution in [2.24, 2.45) is 5.92 Å². The van der Waals surface area contributed by atoms with Gasteiger partial charge >= 0.3 is 0 Å². The first kappa shape index (κ1) is 16.2. The van der Waals surface area contributed by atoms with Crippen molar-refractivity contribution < 1.29 is 13.2 Å². The molecule has 2 aliphatic heterocycles. The predicted octanol–water partition coefficient (Wildman–Crippen LogP) is 0.321. The lowest BCUT2D eigenvalue weighted by Gasteiger charge is -2.32. The molecule has 6 nitrogen and oxygen atoms in total. The Morgan fingerprint density at radius 2 is 2.00 bits per heavy atom. The second-order valence-corrected chi connectivity index (χ2v) is 7.43. The highest BCUT2D eigenvalue weighted by Gasteiger charge is 2.30. The molecule has 2 N–H and O–H groups in total. The Bertz CT molecular complexity index is 374. The van der Waals surface area contributed by atoms with Crippen LogP contribution in [0.2, 0.25) is 0 Å². The summed E-state index contributed by atoms with van der Waals surface area (Å²) in [5.41, 5.74) is 0. The number of hydrogen-bond acceptors (Lipinski definition) is 4. The van der Waals surface area contributed by atoms with Gasteiger partial charge < -0.3 is 10.1 Å². The van der Waals surface area contributed by atoms with Crippen molar-refractivity contribution in [2.45, 2.75) is 38.6 Å². The monoisotopic (exact) mass is 305 g/mol. The third kappa shape index (κ3) is 4.66. The van der Waals surface area contributed by atoms with E-state index in [0.29, 0.717) is 32.2 Å². The van der Waals surface area contributed by atoms with Gasteiger partial charge in [0.25, 0.3) is 10.2 Å². The maximum atomic E-state index is 12.3. The number of hydrogen-bond donors (Lipinski definition) is 2. The fourth-order valence-electron chi connectivity index (χ4n) is 2.75. The Kier molecular flexibility index (Phi) is 6.22. The summed E-state index contributed by atoms with van der Waals surface area (Å²) >= 11 is 0. The van der Waals surface area contributed by atoms with Gasteiger partial charge in [-0.2, -0.15) is 17.4 Å². The van der Waals surface area contributed by atoms with Crippen LogP contribution in [0.25, 0.3) is 0 Å². The van der Waals surface area contributed by atoms with E-state index in [1.807, 2.05) is 0 Å². The highest BCUT2D eigenvalue weighted by Crippen LogP contribution is 2.19. The van der Waals surface area contributed by atoms with Crippen LogP contribution in [0.15, 0.2) is 0 Å². The van der Waals surface area contributed by atoms with E-state index in [4.69, 9.17) is 4.74 Å². The second-order valence-electron chi connectivity index (χ2n) is 5.73. The van der Waals surface area contributed by atoms with Crippen molar-refractivity contribution in [3.63, 3.8) is 0 Å². The number of nitrogens with one attached hydrogen (secondary N) is 2. The summed E-state index contributed by atoms with van der Waals surface area (Å²) in [6.07, 6.45) is 3.80. The van der Waals surface area contributed by atoms with E-state index in [9.17, 15) is 8.42 Å². The molecule has 2 heterocycles. The molecular formula is C13H27N3O3S. The maximum Gasteiger partial charge on any atom is 0.279 e. The molecule has 0 spiro atoms. The lowest BCUT2D eigenvalue weighted by Crippen LogP contribution is -2.49. The Balaban J connectivity index is 1.74. The van der Waals surface area contributed by atoms with Gasteiger partial charge in [0.2, 0.25) is 0 Å². The summed E-state index contributed by atoms with van der Waals surface area (Å²) in [6.45, 7) is 6.60. The molecule has 0 saturated carbocycles. The van der Waals surface area contributed by atoms with Crippen molar-refractivity contribution >= 4 is 10.2 Å². The molecule has 1 unspecified atom stereocenters. The minimum absolute atomic E-state index is 0.0519. The Labute approximate surface area is 122 Å². The van der Waals surface area contributed by atoms with Crippen LogP contribution in [0.4, 0.5) is 0 Å². The molecule has 20 heavy (non-hydrogen) atoms. The fourth-order valence-corrected chi connectivity index (χ4v) is 4.20. The van der Waals surface area contributed by atoms with Gasteiger partial charge in [-0.1, -0.05) is 6.92 Å². The standard InChI is InChI=1S/C13H27N3O3S/c1-2-6-14-10-12-3-7-16(8-4-12)20(17,18)15-13-5-9-19-11-13/h12-15H,2-11H2,1H3. The third-order valence-corrected chi connectivity index (χ3v) is 5.69. The smallest absolute Gasteiger partial charge is 0.279 e. The topological polar surface area (TPSA) is 70.7 Å². The second kappa shape index (κ2) is 7.70. The SMILES string of the molecule is CCCNCC1CCN(S(=O)(=O)NC2CCOC2)CC1. The van der Waals surface area contributed by atoms with Crippen LogP contribution >= 0.6 is 0 Å².